The molecule has 0 aliphatic carbocycles. The lowest BCUT2D eigenvalue weighted by molar-refractivity contribution is 0.471. The summed E-state index contributed by atoms with van der Waals surface area (Å²) in [6, 6.07) is 34.4. The highest BCUT2D eigenvalue weighted by Crippen LogP contribution is 2.59. The van der Waals surface area contributed by atoms with E-state index in [9.17, 15) is 4.79 Å². The Morgan fingerprint density at radius 1 is 0.632 bits per heavy atom. The molecule has 0 amide bonds. The molecular formula is C34H23NO3. The van der Waals surface area contributed by atoms with Gasteiger partial charge in [-0.15, -0.1) is 0 Å². The van der Waals surface area contributed by atoms with Gasteiger partial charge in [0.2, 0.25) is 5.43 Å². The fraction of sp³-hybridized carbons (Fsp3) is 0.0882. The van der Waals surface area contributed by atoms with Crippen LogP contribution in [0.4, 0.5) is 17.1 Å². The van der Waals surface area contributed by atoms with E-state index >= 15 is 0 Å². The van der Waals surface area contributed by atoms with Crippen LogP contribution in [0.25, 0.3) is 33.1 Å². The zero-order valence-corrected chi connectivity index (χ0v) is 21.0. The number of ether oxygens (including phenoxy) is 1. The van der Waals surface area contributed by atoms with Crippen LogP contribution in [0.5, 0.6) is 11.5 Å². The highest BCUT2D eigenvalue weighted by atomic mass is 16.5. The van der Waals surface area contributed by atoms with E-state index in [-0.39, 0.29) is 10.8 Å². The Labute approximate surface area is 219 Å². The molecule has 8 rings (SSSR count). The number of nitrogens with zero attached hydrogens (tertiary/aromatic N) is 1. The molecule has 4 nitrogen and oxygen atoms in total. The minimum Gasteiger partial charge on any atom is -0.456 e. The van der Waals surface area contributed by atoms with Crippen molar-refractivity contribution in [1.29, 1.82) is 0 Å². The molecule has 2 aliphatic heterocycles. The lowest BCUT2D eigenvalue weighted by atomic mass is 9.73. The van der Waals surface area contributed by atoms with Gasteiger partial charge in [0.05, 0.1) is 27.8 Å². The van der Waals surface area contributed by atoms with Crippen LogP contribution in [-0.4, -0.2) is 0 Å². The number of hydrogen-bond acceptors (Lipinski definition) is 4. The summed E-state index contributed by atoms with van der Waals surface area (Å²) in [6.07, 6.45) is 0. The fourth-order valence-electron chi connectivity index (χ4n) is 6.11. The van der Waals surface area contributed by atoms with Crippen molar-refractivity contribution in [2.24, 2.45) is 0 Å². The number of anilines is 3. The standard InChI is InChI=1S/C34H23NO3/c1-34(2)24-9-4-5-11-26(24)35-27-19-21(15-17-30(27)38-31-13-7-10-25(34)32(31)35)20-14-16-29-23(18-20)33(36)22-8-3-6-12-28(22)37-29/h3-19H,1-2H3. The number of para-hydroxylation sites is 3. The van der Waals surface area contributed by atoms with Crippen LogP contribution in [0, 0.1) is 0 Å². The van der Waals surface area contributed by atoms with Crippen molar-refractivity contribution < 1.29 is 9.15 Å². The Bertz CT molecular complexity index is 2020. The summed E-state index contributed by atoms with van der Waals surface area (Å²) in [7, 11) is 0. The molecule has 182 valence electrons. The van der Waals surface area contributed by atoms with Gasteiger partial charge >= 0.3 is 0 Å². The maximum absolute atomic E-state index is 13.3. The Kier molecular flexibility index (Phi) is 4.12. The van der Waals surface area contributed by atoms with Gasteiger partial charge in [0.15, 0.2) is 11.5 Å². The van der Waals surface area contributed by atoms with Crippen molar-refractivity contribution in [3.05, 3.63) is 124 Å². The molecule has 0 saturated heterocycles. The highest BCUT2D eigenvalue weighted by molar-refractivity contribution is 5.96. The van der Waals surface area contributed by atoms with Gasteiger partial charge in [-0.05, 0) is 70.8 Å². The summed E-state index contributed by atoms with van der Waals surface area (Å²) < 4.78 is 12.5. The third kappa shape index (κ3) is 2.77. The molecule has 0 fully saturated rings. The van der Waals surface area contributed by atoms with Crippen LogP contribution in [0.2, 0.25) is 0 Å². The molecule has 0 atom stereocenters. The van der Waals surface area contributed by atoms with E-state index in [1.165, 1.54) is 11.1 Å². The molecule has 0 saturated carbocycles. The number of hydrogen-bond donors (Lipinski definition) is 0. The Hall–Kier alpha value is -4.83. The summed E-state index contributed by atoms with van der Waals surface area (Å²) in [4.78, 5) is 15.6. The van der Waals surface area contributed by atoms with Gasteiger partial charge in [0.25, 0.3) is 0 Å². The van der Waals surface area contributed by atoms with Crippen LogP contribution in [0.1, 0.15) is 25.0 Å². The predicted molar refractivity (Wildman–Crippen MR) is 152 cm³/mol. The summed E-state index contributed by atoms with van der Waals surface area (Å²) in [5.41, 5.74) is 8.71. The van der Waals surface area contributed by atoms with Crippen molar-refractivity contribution in [2.45, 2.75) is 19.3 Å². The molecule has 0 radical (unpaired) electrons. The quantitative estimate of drug-likeness (QED) is 0.214. The zero-order chi connectivity index (χ0) is 25.6. The van der Waals surface area contributed by atoms with Gasteiger partial charge in [-0.25, -0.2) is 0 Å². The molecule has 0 spiro atoms. The first-order valence-electron chi connectivity index (χ1n) is 12.8. The molecule has 0 N–H and O–H groups in total. The smallest absolute Gasteiger partial charge is 0.200 e. The first-order valence-corrected chi connectivity index (χ1v) is 12.8. The Morgan fingerprint density at radius 3 is 2.29 bits per heavy atom. The van der Waals surface area contributed by atoms with E-state index < -0.39 is 0 Å². The second-order valence-corrected chi connectivity index (χ2v) is 10.6. The molecule has 1 aromatic heterocycles. The molecule has 0 unspecified atom stereocenters. The summed E-state index contributed by atoms with van der Waals surface area (Å²) >= 11 is 0. The maximum Gasteiger partial charge on any atom is 0.200 e. The first-order chi connectivity index (χ1) is 18.5. The van der Waals surface area contributed by atoms with Gasteiger partial charge in [-0.1, -0.05) is 68.4 Å². The predicted octanol–water partition coefficient (Wildman–Crippen LogP) is 8.83. The highest BCUT2D eigenvalue weighted by Gasteiger charge is 2.41. The zero-order valence-electron chi connectivity index (χ0n) is 21.0. The van der Waals surface area contributed by atoms with E-state index in [1.807, 2.05) is 54.6 Å². The van der Waals surface area contributed by atoms with Crippen LogP contribution in [0.15, 0.2) is 112 Å². The van der Waals surface area contributed by atoms with Gasteiger partial charge in [0, 0.05) is 5.41 Å². The third-order valence-electron chi connectivity index (χ3n) is 8.04. The average molecular weight is 494 g/mol. The van der Waals surface area contributed by atoms with E-state index in [4.69, 9.17) is 9.15 Å². The largest absolute Gasteiger partial charge is 0.456 e. The molecular weight excluding hydrogens is 470 g/mol. The second kappa shape index (κ2) is 7.36. The summed E-state index contributed by atoms with van der Waals surface area (Å²) in [5.74, 6) is 1.67. The Morgan fingerprint density at radius 2 is 1.37 bits per heavy atom. The van der Waals surface area contributed by atoms with Crippen molar-refractivity contribution in [3.8, 4) is 22.6 Å². The van der Waals surface area contributed by atoms with Crippen molar-refractivity contribution in [1.82, 2.24) is 0 Å². The van der Waals surface area contributed by atoms with Crippen LogP contribution in [0.3, 0.4) is 0 Å². The third-order valence-corrected chi connectivity index (χ3v) is 8.04. The number of fused-ring (bicyclic) bond motifs is 6. The Balaban J connectivity index is 1.34. The minimum absolute atomic E-state index is 0.0178. The normalized spacial score (nSPS) is 14.5. The van der Waals surface area contributed by atoms with E-state index in [0.29, 0.717) is 21.9 Å². The fourth-order valence-corrected chi connectivity index (χ4v) is 6.11. The maximum atomic E-state index is 13.3. The monoisotopic (exact) mass is 493 g/mol. The van der Waals surface area contributed by atoms with E-state index in [1.54, 1.807) is 0 Å². The van der Waals surface area contributed by atoms with Crippen LogP contribution < -0.4 is 15.1 Å². The SMILES string of the molecule is CC1(C)c2ccccc2N2c3cc(-c4ccc5oc6ccccc6c(=O)c5c4)ccc3Oc3cccc1c32. The molecule has 4 heteroatoms. The van der Waals surface area contributed by atoms with Gasteiger partial charge < -0.3 is 14.1 Å². The molecule has 3 heterocycles. The minimum atomic E-state index is -0.161. The molecule has 38 heavy (non-hydrogen) atoms. The first kappa shape index (κ1) is 21.3. The molecule has 2 aliphatic rings. The second-order valence-electron chi connectivity index (χ2n) is 10.6. The molecule has 5 aromatic carbocycles. The van der Waals surface area contributed by atoms with Gasteiger partial charge in [-0.3, -0.25) is 4.79 Å². The van der Waals surface area contributed by atoms with Gasteiger partial charge in [-0.2, -0.15) is 0 Å². The number of benzene rings is 5. The van der Waals surface area contributed by atoms with Gasteiger partial charge in [0.1, 0.15) is 11.2 Å². The van der Waals surface area contributed by atoms with Crippen LogP contribution >= 0.6 is 0 Å². The van der Waals surface area contributed by atoms with Crippen molar-refractivity contribution in [2.75, 3.05) is 4.90 Å². The average Bonchev–Trinajstić information content (AvgIpc) is 2.95. The summed E-state index contributed by atoms with van der Waals surface area (Å²) in [6.45, 7) is 4.55. The lowest BCUT2D eigenvalue weighted by Crippen LogP contribution is -2.32. The van der Waals surface area contributed by atoms with E-state index in [2.05, 4.69) is 67.3 Å². The van der Waals surface area contributed by atoms with E-state index in [0.717, 1.165) is 39.7 Å². The van der Waals surface area contributed by atoms with Crippen molar-refractivity contribution >= 4 is 39.0 Å². The van der Waals surface area contributed by atoms with Crippen molar-refractivity contribution in [3.63, 3.8) is 0 Å². The molecule has 0 bridgehead atoms. The number of rotatable bonds is 1. The molecule has 6 aromatic rings. The summed E-state index contributed by atoms with van der Waals surface area (Å²) in [5, 5.41) is 1.17. The topological polar surface area (TPSA) is 42.7 Å². The van der Waals surface area contributed by atoms with Crippen LogP contribution in [-0.2, 0) is 5.41 Å². The lowest BCUT2D eigenvalue weighted by Gasteiger charge is -2.44.